The number of H-pyrrole nitrogens is 1. The summed E-state index contributed by atoms with van der Waals surface area (Å²) in [4.78, 5) is 56.5. The van der Waals surface area contributed by atoms with Crippen molar-refractivity contribution in [2.45, 2.75) is 31.5 Å². The Labute approximate surface area is 132 Å². The minimum absolute atomic E-state index is 0.174. The second kappa shape index (κ2) is 6.68. The van der Waals surface area contributed by atoms with E-state index in [9.17, 15) is 32.3 Å². The van der Waals surface area contributed by atoms with Gasteiger partial charge >= 0.3 is 18.1 Å². The molecule has 1 aromatic heterocycles. The Bertz CT molecular complexity index is 642. The average Bonchev–Trinajstić information content (AvgIpc) is 3.10. The first-order valence-corrected chi connectivity index (χ1v) is 6.61. The average molecular weight is 348 g/mol. The summed E-state index contributed by atoms with van der Waals surface area (Å²) in [6, 6.07) is -1.78. The van der Waals surface area contributed by atoms with Crippen molar-refractivity contribution in [3.63, 3.8) is 0 Å². The number of alkyl halides is 3. The lowest BCUT2D eigenvalue weighted by Crippen LogP contribution is -2.50. The van der Waals surface area contributed by atoms with Crippen LogP contribution in [0.4, 0.5) is 13.2 Å². The molecule has 1 atom stereocenters. The van der Waals surface area contributed by atoms with E-state index in [-0.39, 0.29) is 23.6 Å². The molecule has 0 aliphatic carbocycles. The van der Waals surface area contributed by atoms with Crippen LogP contribution in [0.25, 0.3) is 0 Å². The number of carbonyl (C=O) groups excluding carboxylic acids is 4. The van der Waals surface area contributed by atoms with Gasteiger partial charge < -0.3 is 15.1 Å². The number of hydrogen-bond donors (Lipinski definition) is 2. The van der Waals surface area contributed by atoms with Crippen LogP contribution in [-0.4, -0.2) is 50.9 Å². The molecule has 2 rings (SSSR count). The monoisotopic (exact) mass is 348 g/mol. The summed E-state index contributed by atoms with van der Waals surface area (Å²) < 4.78 is 37.1. The molecule has 1 aliphatic heterocycles. The molecule has 130 valence electrons. The minimum atomic E-state index is -5.22. The zero-order valence-electron chi connectivity index (χ0n) is 11.9. The van der Waals surface area contributed by atoms with Gasteiger partial charge in [-0.2, -0.15) is 13.2 Å². The number of hydrogen-bond acceptors (Lipinski definition) is 6. The van der Waals surface area contributed by atoms with Gasteiger partial charge in [0.05, 0.1) is 6.33 Å². The van der Waals surface area contributed by atoms with E-state index in [1.54, 1.807) is 0 Å². The predicted molar refractivity (Wildman–Crippen MR) is 67.5 cm³/mol. The quantitative estimate of drug-likeness (QED) is 0.699. The number of imide groups is 1. The van der Waals surface area contributed by atoms with Crippen LogP contribution in [-0.2, 0) is 30.4 Å². The first-order valence-electron chi connectivity index (χ1n) is 6.61. The number of halogens is 3. The summed E-state index contributed by atoms with van der Waals surface area (Å²) >= 11 is 0. The van der Waals surface area contributed by atoms with Gasteiger partial charge in [-0.25, -0.2) is 9.78 Å². The van der Waals surface area contributed by atoms with Crippen LogP contribution in [0.1, 0.15) is 18.5 Å². The van der Waals surface area contributed by atoms with Crippen molar-refractivity contribution in [2.24, 2.45) is 0 Å². The van der Waals surface area contributed by atoms with Gasteiger partial charge in [0.2, 0.25) is 0 Å². The van der Waals surface area contributed by atoms with Gasteiger partial charge in [-0.05, 0) is 0 Å². The van der Waals surface area contributed by atoms with Gasteiger partial charge in [-0.3, -0.25) is 14.4 Å². The molecule has 1 saturated heterocycles. The van der Waals surface area contributed by atoms with Gasteiger partial charge in [0.1, 0.15) is 6.04 Å². The number of nitrogens with zero attached hydrogens (tertiary/aromatic N) is 2. The second-order valence-corrected chi connectivity index (χ2v) is 4.80. The van der Waals surface area contributed by atoms with Gasteiger partial charge in [0.25, 0.3) is 11.8 Å². The molecule has 2 N–H and O–H groups in total. The van der Waals surface area contributed by atoms with Gasteiger partial charge in [0, 0.05) is 31.2 Å². The number of rotatable bonds is 5. The highest BCUT2D eigenvalue weighted by atomic mass is 19.4. The Morgan fingerprint density at radius 3 is 2.46 bits per heavy atom. The van der Waals surface area contributed by atoms with Crippen LogP contribution in [0.3, 0.4) is 0 Å². The van der Waals surface area contributed by atoms with Gasteiger partial charge in [-0.1, -0.05) is 0 Å². The van der Waals surface area contributed by atoms with Crippen molar-refractivity contribution in [3.8, 4) is 0 Å². The molecule has 0 spiro atoms. The number of hydroxylamine groups is 2. The van der Waals surface area contributed by atoms with Crippen LogP contribution in [0.15, 0.2) is 12.5 Å². The first-order chi connectivity index (χ1) is 11.2. The maximum atomic E-state index is 12.4. The highest BCUT2D eigenvalue weighted by Crippen LogP contribution is 2.17. The molecule has 1 fully saturated rings. The van der Waals surface area contributed by atoms with E-state index in [2.05, 4.69) is 14.8 Å². The van der Waals surface area contributed by atoms with Crippen molar-refractivity contribution in [1.29, 1.82) is 0 Å². The molecule has 1 aliphatic rings. The Hall–Kier alpha value is -2.92. The van der Waals surface area contributed by atoms with E-state index in [4.69, 9.17) is 0 Å². The topological polar surface area (TPSA) is 121 Å². The van der Waals surface area contributed by atoms with Crippen LogP contribution in [0.2, 0.25) is 0 Å². The summed E-state index contributed by atoms with van der Waals surface area (Å²) in [5.41, 5.74) is 0.235. The van der Waals surface area contributed by atoms with E-state index < -0.39 is 42.3 Å². The van der Waals surface area contributed by atoms with Crippen LogP contribution >= 0.6 is 0 Å². The molecule has 9 nitrogen and oxygen atoms in total. The van der Waals surface area contributed by atoms with Crippen LogP contribution in [0, 0.1) is 0 Å². The lowest BCUT2D eigenvalue weighted by molar-refractivity contribution is -0.200. The lowest BCUT2D eigenvalue weighted by atomic mass is 10.1. The fourth-order valence-electron chi connectivity index (χ4n) is 1.86. The standard InChI is InChI=1S/C12H11F3N4O5/c13-12(14,15)11(23)18-7(3-6-4-16-5-17-6)10(22)24-19-8(20)1-2-9(19)21/h4-5,7H,1-3H2,(H,16,17)(H,18,23). The van der Waals surface area contributed by atoms with Crippen molar-refractivity contribution in [2.75, 3.05) is 0 Å². The number of aromatic nitrogens is 2. The maximum absolute atomic E-state index is 12.4. The molecule has 2 heterocycles. The number of carbonyl (C=O) groups is 4. The Morgan fingerprint density at radius 2 is 1.96 bits per heavy atom. The second-order valence-electron chi connectivity index (χ2n) is 4.80. The zero-order valence-corrected chi connectivity index (χ0v) is 11.9. The molecule has 0 bridgehead atoms. The molecule has 0 saturated carbocycles. The number of amides is 3. The number of aromatic amines is 1. The van der Waals surface area contributed by atoms with Gasteiger partial charge in [0.15, 0.2) is 0 Å². The third kappa shape index (κ3) is 4.08. The van der Waals surface area contributed by atoms with E-state index in [1.807, 2.05) is 0 Å². The Morgan fingerprint density at radius 1 is 1.33 bits per heavy atom. The normalized spacial score (nSPS) is 16.2. The molecule has 1 unspecified atom stereocenters. The Balaban J connectivity index is 2.11. The zero-order chi connectivity index (χ0) is 17.9. The molecule has 0 aromatic carbocycles. The number of nitrogens with one attached hydrogen (secondary N) is 2. The molecular formula is C12H11F3N4O5. The molecular weight excluding hydrogens is 337 g/mol. The summed E-state index contributed by atoms with van der Waals surface area (Å²) in [6.45, 7) is 0. The third-order valence-corrected chi connectivity index (χ3v) is 3.01. The summed E-state index contributed by atoms with van der Waals surface area (Å²) in [5.74, 6) is -5.33. The summed E-state index contributed by atoms with van der Waals surface area (Å²) in [5, 5.41) is 1.65. The molecule has 3 amide bonds. The third-order valence-electron chi connectivity index (χ3n) is 3.01. The van der Waals surface area contributed by atoms with Crippen LogP contribution in [0.5, 0.6) is 0 Å². The molecule has 12 heteroatoms. The summed E-state index contributed by atoms with van der Waals surface area (Å²) in [6.07, 6.45) is -3.52. The fraction of sp³-hybridized carbons (Fsp3) is 0.417. The SMILES string of the molecule is O=C(ON1C(=O)CCC1=O)C(Cc1cnc[nH]1)NC(=O)C(F)(F)F. The highest BCUT2D eigenvalue weighted by molar-refractivity contribution is 6.02. The lowest BCUT2D eigenvalue weighted by Gasteiger charge is -2.20. The number of imidazole rings is 1. The van der Waals surface area contributed by atoms with Crippen molar-refractivity contribution in [1.82, 2.24) is 20.3 Å². The minimum Gasteiger partial charge on any atom is -0.348 e. The van der Waals surface area contributed by atoms with Crippen LogP contribution < -0.4 is 5.32 Å². The molecule has 0 radical (unpaired) electrons. The molecule has 1 aromatic rings. The smallest absolute Gasteiger partial charge is 0.348 e. The molecule has 24 heavy (non-hydrogen) atoms. The van der Waals surface area contributed by atoms with E-state index in [0.717, 1.165) is 0 Å². The maximum Gasteiger partial charge on any atom is 0.471 e. The van der Waals surface area contributed by atoms with E-state index >= 15 is 0 Å². The van der Waals surface area contributed by atoms with Crippen molar-refractivity contribution in [3.05, 3.63) is 18.2 Å². The summed E-state index contributed by atoms with van der Waals surface area (Å²) in [7, 11) is 0. The van der Waals surface area contributed by atoms with E-state index in [0.29, 0.717) is 0 Å². The van der Waals surface area contributed by atoms with Crippen molar-refractivity contribution < 1.29 is 37.2 Å². The predicted octanol–water partition coefficient (Wildman–Crippen LogP) is -0.394. The first kappa shape index (κ1) is 17.4. The highest BCUT2D eigenvalue weighted by Gasteiger charge is 2.42. The van der Waals surface area contributed by atoms with E-state index in [1.165, 1.54) is 17.8 Å². The van der Waals surface area contributed by atoms with Crippen molar-refractivity contribution >= 4 is 23.7 Å². The Kier molecular flexibility index (Phi) is 4.85. The largest absolute Gasteiger partial charge is 0.471 e. The fourth-order valence-corrected chi connectivity index (χ4v) is 1.86. The van der Waals surface area contributed by atoms with Gasteiger partial charge in [-0.15, -0.1) is 5.06 Å².